The van der Waals surface area contributed by atoms with Gasteiger partial charge < -0.3 is 4.74 Å². The van der Waals surface area contributed by atoms with E-state index in [1.165, 1.54) is 11.3 Å². The molecular formula is C12H9ClN2OS. The smallest absolute Gasteiger partial charge is 0.140 e. The Labute approximate surface area is 108 Å². The zero-order valence-corrected chi connectivity index (χ0v) is 10.7. The largest absolute Gasteiger partial charge is 0.486 e. The summed E-state index contributed by atoms with van der Waals surface area (Å²) < 4.78 is 5.54. The molecule has 0 amide bonds. The van der Waals surface area contributed by atoms with E-state index in [0.717, 1.165) is 16.5 Å². The zero-order chi connectivity index (χ0) is 12.3. The number of aryl methyl sites for hydroxylation is 1. The first-order valence-corrected chi connectivity index (χ1v) is 6.13. The van der Waals surface area contributed by atoms with Crippen LogP contribution in [0.15, 0.2) is 24.3 Å². The van der Waals surface area contributed by atoms with Crippen LogP contribution in [0.3, 0.4) is 0 Å². The van der Waals surface area contributed by atoms with Crippen LogP contribution in [0.5, 0.6) is 5.75 Å². The summed E-state index contributed by atoms with van der Waals surface area (Å²) in [7, 11) is 0. The van der Waals surface area contributed by atoms with Gasteiger partial charge in [0.15, 0.2) is 0 Å². The van der Waals surface area contributed by atoms with E-state index >= 15 is 0 Å². The molecular weight excluding hydrogens is 256 g/mol. The molecule has 0 fully saturated rings. The van der Waals surface area contributed by atoms with E-state index in [1.807, 2.05) is 6.92 Å². The molecule has 0 aliphatic heterocycles. The Hall–Kier alpha value is -1.57. The van der Waals surface area contributed by atoms with Gasteiger partial charge in [-0.2, -0.15) is 5.26 Å². The number of ether oxygens (including phenoxy) is 1. The molecule has 0 saturated carbocycles. The maximum absolute atomic E-state index is 8.81. The molecule has 0 unspecified atom stereocenters. The van der Waals surface area contributed by atoms with Crippen LogP contribution in [0.4, 0.5) is 0 Å². The SMILES string of the molecule is Cc1nc(COc2ccc(Cl)cc2)sc1C#N. The van der Waals surface area contributed by atoms with E-state index < -0.39 is 0 Å². The maximum atomic E-state index is 8.81. The molecule has 0 N–H and O–H groups in total. The summed E-state index contributed by atoms with van der Waals surface area (Å²) in [6.45, 7) is 2.19. The summed E-state index contributed by atoms with van der Waals surface area (Å²) in [5.74, 6) is 0.737. The lowest BCUT2D eigenvalue weighted by Gasteiger charge is -2.03. The molecule has 5 heteroatoms. The normalized spacial score (nSPS) is 9.94. The Kier molecular flexibility index (Phi) is 3.62. The highest BCUT2D eigenvalue weighted by atomic mass is 35.5. The topological polar surface area (TPSA) is 45.9 Å². The van der Waals surface area contributed by atoms with Crippen LogP contribution in [-0.4, -0.2) is 4.98 Å². The summed E-state index contributed by atoms with van der Waals surface area (Å²) in [5, 5.41) is 10.3. The first kappa shape index (κ1) is 11.9. The van der Waals surface area contributed by atoms with Gasteiger partial charge in [-0.05, 0) is 31.2 Å². The minimum Gasteiger partial charge on any atom is -0.486 e. The van der Waals surface area contributed by atoms with Gasteiger partial charge in [0.2, 0.25) is 0 Å². The molecule has 17 heavy (non-hydrogen) atoms. The number of nitriles is 1. The highest BCUT2D eigenvalue weighted by Gasteiger charge is 2.07. The molecule has 86 valence electrons. The fourth-order valence-corrected chi connectivity index (χ4v) is 2.19. The molecule has 0 aliphatic carbocycles. The molecule has 2 rings (SSSR count). The summed E-state index contributed by atoms with van der Waals surface area (Å²) in [5.41, 5.74) is 0.757. The minimum absolute atomic E-state index is 0.370. The number of hydrogen-bond donors (Lipinski definition) is 0. The first-order chi connectivity index (χ1) is 8.19. The van der Waals surface area contributed by atoms with Crippen LogP contribution < -0.4 is 4.74 Å². The molecule has 1 aromatic heterocycles. The zero-order valence-electron chi connectivity index (χ0n) is 9.11. The molecule has 1 aromatic carbocycles. The van der Waals surface area contributed by atoms with Gasteiger partial charge in [0, 0.05) is 5.02 Å². The quantitative estimate of drug-likeness (QED) is 0.852. The predicted molar refractivity (Wildman–Crippen MR) is 67.4 cm³/mol. The Morgan fingerprint density at radius 3 is 2.71 bits per heavy atom. The molecule has 0 bridgehead atoms. The highest BCUT2D eigenvalue weighted by molar-refractivity contribution is 7.12. The summed E-state index contributed by atoms with van der Waals surface area (Å²) >= 11 is 7.13. The van der Waals surface area contributed by atoms with Gasteiger partial charge in [-0.1, -0.05) is 11.6 Å². The monoisotopic (exact) mass is 264 g/mol. The van der Waals surface area contributed by atoms with E-state index in [9.17, 15) is 0 Å². The predicted octanol–water partition coefficient (Wildman–Crippen LogP) is 3.56. The minimum atomic E-state index is 0.370. The van der Waals surface area contributed by atoms with E-state index in [0.29, 0.717) is 16.5 Å². The summed E-state index contributed by atoms with van der Waals surface area (Å²) in [4.78, 5) is 4.90. The van der Waals surface area contributed by atoms with Crippen LogP contribution in [-0.2, 0) is 6.61 Å². The molecule has 1 heterocycles. The lowest BCUT2D eigenvalue weighted by Crippen LogP contribution is -1.94. The fraction of sp³-hybridized carbons (Fsp3) is 0.167. The van der Waals surface area contributed by atoms with Crippen molar-refractivity contribution in [3.8, 4) is 11.8 Å². The van der Waals surface area contributed by atoms with Crippen LogP contribution in [0, 0.1) is 18.3 Å². The van der Waals surface area contributed by atoms with Gasteiger partial charge in [-0.25, -0.2) is 4.98 Å². The number of halogens is 1. The number of nitrogens with zero attached hydrogens (tertiary/aromatic N) is 2. The van der Waals surface area contributed by atoms with Gasteiger partial charge >= 0.3 is 0 Å². The van der Waals surface area contributed by atoms with Crippen LogP contribution in [0.25, 0.3) is 0 Å². The van der Waals surface area contributed by atoms with Gasteiger partial charge in [-0.15, -0.1) is 11.3 Å². The second kappa shape index (κ2) is 5.17. The molecule has 0 saturated heterocycles. The van der Waals surface area contributed by atoms with E-state index in [1.54, 1.807) is 24.3 Å². The lowest BCUT2D eigenvalue weighted by atomic mass is 10.3. The third kappa shape index (κ3) is 2.96. The van der Waals surface area contributed by atoms with E-state index in [-0.39, 0.29) is 0 Å². The van der Waals surface area contributed by atoms with Gasteiger partial charge in [0.25, 0.3) is 0 Å². The molecule has 0 atom stereocenters. The Morgan fingerprint density at radius 2 is 2.12 bits per heavy atom. The van der Waals surface area contributed by atoms with Gasteiger partial charge in [-0.3, -0.25) is 0 Å². The Balaban J connectivity index is 2.02. The van der Waals surface area contributed by atoms with Crippen molar-refractivity contribution in [3.05, 3.63) is 44.9 Å². The van der Waals surface area contributed by atoms with Crippen LogP contribution in [0.2, 0.25) is 5.02 Å². The highest BCUT2D eigenvalue weighted by Crippen LogP contribution is 2.20. The summed E-state index contributed by atoms with van der Waals surface area (Å²) in [6, 6.07) is 9.24. The number of aromatic nitrogens is 1. The third-order valence-electron chi connectivity index (χ3n) is 2.12. The van der Waals surface area contributed by atoms with Gasteiger partial charge in [0.1, 0.15) is 28.3 Å². The van der Waals surface area contributed by atoms with Crippen molar-refractivity contribution in [1.82, 2.24) is 4.98 Å². The number of rotatable bonds is 3. The lowest BCUT2D eigenvalue weighted by molar-refractivity contribution is 0.305. The van der Waals surface area contributed by atoms with Crippen LogP contribution >= 0.6 is 22.9 Å². The number of hydrogen-bond acceptors (Lipinski definition) is 4. The second-order valence-corrected chi connectivity index (χ2v) is 4.90. The van der Waals surface area contributed by atoms with Crippen molar-refractivity contribution in [2.24, 2.45) is 0 Å². The van der Waals surface area contributed by atoms with Crippen LogP contribution in [0.1, 0.15) is 15.6 Å². The molecule has 0 spiro atoms. The molecule has 0 radical (unpaired) electrons. The third-order valence-corrected chi connectivity index (χ3v) is 3.41. The van der Waals surface area contributed by atoms with Crippen molar-refractivity contribution >= 4 is 22.9 Å². The summed E-state index contributed by atoms with van der Waals surface area (Å²) in [6.07, 6.45) is 0. The van der Waals surface area contributed by atoms with Crippen molar-refractivity contribution in [2.45, 2.75) is 13.5 Å². The molecule has 3 nitrogen and oxygen atoms in total. The molecule has 2 aromatic rings. The Morgan fingerprint density at radius 1 is 1.41 bits per heavy atom. The van der Waals surface area contributed by atoms with Crippen molar-refractivity contribution in [2.75, 3.05) is 0 Å². The van der Waals surface area contributed by atoms with Crippen molar-refractivity contribution < 1.29 is 4.74 Å². The Bertz CT molecular complexity index is 557. The molecule has 0 aliphatic rings. The fourth-order valence-electron chi connectivity index (χ4n) is 1.29. The van der Waals surface area contributed by atoms with Crippen molar-refractivity contribution in [1.29, 1.82) is 5.26 Å². The number of thiazole rings is 1. The first-order valence-electron chi connectivity index (χ1n) is 4.94. The van der Waals surface area contributed by atoms with E-state index in [4.69, 9.17) is 21.6 Å². The standard InChI is InChI=1S/C12H9ClN2OS/c1-8-11(6-14)17-12(15-8)7-16-10-4-2-9(13)3-5-10/h2-5H,7H2,1H3. The average molecular weight is 265 g/mol. The van der Waals surface area contributed by atoms with E-state index in [2.05, 4.69) is 11.1 Å². The number of benzene rings is 1. The van der Waals surface area contributed by atoms with Gasteiger partial charge in [0.05, 0.1) is 5.69 Å². The maximum Gasteiger partial charge on any atom is 0.140 e. The second-order valence-electron chi connectivity index (χ2n) is 3.38. The average Bonchev–Trinajstić information content (AvgIpc) is 2.69. The van der Waals surface area contributed by atoms with Crippen molar-refractivity contribution in [3.63, 3.8) is 0 Å².